The predicted octanol–water partition coefficient (Wildman–Crippen LogP) is 3.88. The van der Waals surface area contributed by atoms with Gasteiger partial charge in [-0.05, 0) is 118 Å². The predicted molar refractivity (Wildman–Crippen MR) is 103 cm³/mol. The van der Waals surface area contributed by atoms with Crippen LogP contribution in [0.4, 0.5) is 0 Å². The molecule has 0 aliphatic heterocycles. The minimum Gasteiger partial charge on any atom is -0.354 e. The zero-order valence-corrected chi connectivity index (χ0v) is 16.3. The maximum atomic E-state index is 12.7. The molecule has 1 amide bonds. The molecule has 0 aromatic heterocycles. The average Bonchev–Trinajstić information content (AvgIpc) is 2.56. The van der Waals surface area contributed by atoms with Gasteiger partial charge in [-0.1, -0.05) is 0 Å². The zero-order valence-electron chi connectivity index (χ0n) is 16.3. The summed E-state index contributed by atoms with van der Waals surface area (Å²) in [4.78, 5) is 12.7. The number of carbonyl (C=O) groups excluding carboxylic acids is 1. The molecule has 0 heterocycles. The molecule has 0 spiro atoms. The van der Waals surface area contributed by atoms with Gasteiger partial charge in [0, 0.05) is 12.1 Å². The monoisotopic (exact) mass is 356 g/mol. The number of hydrogen-bond donors (Lipinski definition) is 2. The van der Waals surface area contributed by atoms with Crippen LogP contribution in [0, 0.1) is 40.9 Å². The molecule has 8 bridgehead atoms. The fourth-order valence-corrected chi connectivity index (χ4v) is 9.45. The molecule has 8 fully saturated rings. The van der Waals surface area contributed by atoms with Crippen LogP contribution in [-0.2, 0) is 4.79 Å². The molecule has 144 valence electrons. The van der Waals surface area contributed by atoms with Crippen LogP contribution in [0.2, 0.25) is 0 Å². The summed E-state index contributed by atoms with van der Waals surface area (Å²) in [6.07, 6.45) is 17.1. The van der Waals surface area contributed by atoms with E-state index in [2.05, 4.69) is 10.6 Å². The summed E-state index contributed by atoms with van der Waals surface area (Å²) in [5, 5.41) is 7.14. The van der Waals surface area contributed by atoms with Crippen LogP contribution in [0.1, 0.15) is 77.0 Å². The Kier molecular flexibility index (Phi) is 3.60. The van der Waals surface area contributed by atoms with Crippen molar-refractivity contribution in [1.29, 1.82) is 0 Å². The molecule has 3 nitrogen and oxygen atoms in total. The van der Waals surface area contributed by atoms with Gasteiger partial charge in [0.25, 0.3) is 0 Å². The second-order valence-corrected chi connectivity index (χ2v) is 11.7. The van der Waals surface area contributed by atoms with Crippen LogP contribution in [0.25, 0.3) is 0 Å². The Hall–Kier alpha value is -0.570. The standard InChI is InChI=1S/C23H36N2O/c26-21(13-25-23-10-18-4-19(11-23)6-20(5-18)12-23)24-14-22-7-15-1-16(8-22)3-17(2-15)9-22/h15-20,25H,1-14H2,(H,24,26). The molecular weight excluding hydrogens is 320 g/mol. The lowest BCUT2D eigenvalue weighted by atomic mass is 9.49. The lowest BCUT2D eigenvalue weighted by molar-refractivity contribution is -0.123. The first-order valence-electron chi connectivity index (χ1n) is 11.6. The summed E-state index contributed by atoms with van der Waals surface area (Å²) in [6, 6.07) is 0. The summed E-state index contributed by atoms with van der Waals surface area (Å²) in [6.45, 7) is 1.51. The van der Waals surface area contributed by atoms with Gasteiger partial charge in [0.15, 0.2) is 0 Å². The van der Waals surface area contributed by atoms with Crippen molar-refractivity contribution in [2.45, 2.75) is 82.6 Å². The summed E-state index contributed by atoms with van der Waals surface area (Å²) in [7, 11) is 0. The van der Waals surface area contributed by atoms with Crippen LogP contribution >= 0.6 is 0 Å². The fraction of sp³-hybridized carbons (Fsp3) is 0.957. The molecule has 8 rings (SSSR count). The summed E-state index contributed by atoms with van der Waals surface area (Å²) in [5.41, 5.74) is 0.776. The van der Waals surface area contributed by atoms with E-state index in [1.54, 1.807) is 0 Å². The smallest absolute Gasteiger partial charge is 0.233 e. The van der Waals surface area contributed by atoms with Crippen LogP contribution in [-0.4, -0.2) is 24.5 Å². The third-order valence-corrected chi connectivity index (χ3v) is 9.49. The van der Waals surface area contributed by atoms with E-state index in [9.17, 15) is 4.79 Å². The van der Waals surface area contributed by atoms with Gasteiger partial charge in [0.1, 0.15) is 0 Å². The SMILES string of the molecule is O=C(CNC12CC3CC(CC(C3)C1)C2)NCC12CC3CC(CC(C3)C1)C2. The number of rotatable bonds is 5. The van der Waals surface area contributed by atoms with Crippen molar-refractivity contribution in [3.05, 3.63) is 0 Å². The van der Waals surface area contributed by atoms with Gasteiger partial charge in [-0.15, -0.1) is 0 Å². The van der Waals surface area contributed by atoms with Crippen LogP contribution in [0.5, 0.6) is 0 Å². The quantitative estimate of drug-likeness (QED) is 0.785. The first-order chi connectivity index (χ1) is 12.6. The molecule has 8 saturated carbocycles. The van der Waals surface area contributed by atoms with Crippen LogP contribution in [0.15, 0.2) is 0 Å². The third kappa shape index (κ3) is 2.75. The molecule has 0 radical (unpaired) electrons. The molecule has 26 heavy (non-hydrogen) atoms. The Morgan fingerprint density at radius 2 is 1.12 bits per heavy atom. The van der Waals surface area contributed by atoms with E-state index in [1.807, 2.05) is 0 Å². The van der Waals surface area contributed by atoms with Crippen molar-refractivity contribution in [1.82, 2.24) is 10.6 Å². The summed E-state index contributed by atoms with van der Waals surface area (Å²) < 4.78 is 0. The van der Waals surface area contributed by atoms with E-state index >= 15 is 0 Å². The molecule has 0 saturated heterocycles. The molecule has 2 N–H and O–H groups in total. The Morgan fingerprint density at radius 3 is 1.58 bits per heavy atom. The molecule has 0 atom stereocenters. The molecule has 0 unspecified atom stereocenters. The fourth-order valence-electron chi connectivity index (χ4n) is 9.45. The second kappa shape index (κ2) is 5.72. The average molecular weight is 357 g/mol. The Morgan fingerprint density at radius 1 is 0.692 bits per heavy atom. The Bertz CT molecular complexity index is 476. The highest BCUT2D eigenvalue weighted by Crippen LogP contribution is 2.59. The summed E-state index contributed by atoms with van der Waals surface area (Å²) in [5.74, 6) is 6.03. The maximum absolute atomic E-state index is 12.7. The first-order valence-corrected chi connectivity index (χ1v) is 11.6. The van der Waals surface area contributed by atoms with E-state index in [4.69, 9.17) is 0 Å². The molecule has 0 aromatic carbocycles. The van der Waals surface area contributed by atoms with Crippen molar-refractivity contribution in [2.75, 3.05) is 13.1 Å². The number of hydrogen-bond acceptors (Lipinski definition) is 2. The van der Waals surface area contributed by atoms with Crippen molar-refractivity contribution < 1.29 is 4.79 Å². The van der Waals surface area contributed by atoms with Gasteiger partial charge < -0.3 is 10.6 Å². The lowest BCUT2D eigenvalue weighted by Gasteiger charge is -2.57. The molecule has 0 aromatic rings. The zero-order chi connectivity index (χ0) is 17.4. The lowest BCUT2D eigenvalue weighted by Crippen LogP contribution is -2.60. The first kappa shape index (κ1) is 16.4. The highest BCUT2D eigenvalue weighted by molar-refractivity contribution is 5.78. The number of amides is 1. The number of carbonyl (C=O) groups is 1. The topological polar surface area (TPSA) is 41.1 Å². The molecule has 3 heteroatoms. The highest BCUT2D eigenvalue weighted by Gasteiger charge is 2.52. The minimum absolute atomic E-state index is 0.261. The van der Waals surface area contributed by atoms with Crippen molar-refractivity contribution in [3.8, 4) is 0 Å². The van der Waals surface area contributed by atoms with Gasteiger partial charge >= 0.3 is 0 Å². The van der Waals surface area contributed by atoms with Crippen molar-refractivity contribution in [2.24, 2.45) is 40.9 Å². The van der Waals surface area contributed by atoms with Gasteiger partial charge in [0.05, 0.1) is 6.54 Å². The van der Waals surface area contributed by atoms with Crippen LogP contribution < -0.4 is 10.6 Å². The second-order valence-electron chi connectivity index (χ2n) is 11.7. The normalized spacial score (nSPS) is 53.2. The Balaban J connectivity index is 1.04. The summed E-state index contributed by atoms with van der Waals surface area (Å²) >= 11 is 0. The largest absolute Gasteiger partial charge is 0.354 e. The van der Waals surface area contributed by atoms with E-state index in [0.717, 1.165) is 42.1 Å². The Labute approximate surface area is 158 Å². The minimum atomic E-state index is 0.261. The highest BCUT2D eigenvalue weighted by atomic mass is 16.1. The van der Waals surface area contributed by atoms with Crippen molar-refractivity contribution >= 4 is 5.91 Å². The van der Waals surface area contributed by atoms with E-state index in [1.165, 1.54) is 77.0 Å². The number of nitrogens with one attached hydrogen (secondary N) is 2. The van der Waals surface area contributed by atoms with Gasteiger partial charge in [-0.2, -0.15) is 0 Å². The van der Waals surface area contributed by atoms with Gasteiger partial charge in [0.2, 0.25) is 5.91 Å². The van der Waals surface area contributed by atoms with E-state index < -0.39 is 0 Å². The maximum Gasteiger partial charge on any atom is 0.233 e. The molecular formula is C23H36N2O. The van der Waals surface area contributed by atoms with E-state index in [0.29, 0.717) is 17.5 Å². The third-order valence-electron chi connectivity index (χ3n) is 9.49. The van der Waals surface area contributed by atoms with Crippen LogP contribution in [0.3, 0.4) is 0 Å². The molecule has 8 aliphatic carbocycles. The van der Waals surface area contributed by atoms with Crippen molar-refractivity contribution in [3.63, 3.8) is 0 Å². The molecule has 8 aliphatic rings. The van der Waals surface area contributed by atoms with E-state index in [-0.39, 0.29) is 5.91 Å². The van der Waals surface area contributed by atoms with Gasteiger partial charge in [-0.3, -0.25) is 4.79 Å². The van der Waals surface area contributed by atoms with Gasteiger partial charge in [-0.25, -0.2) is 0 Å².